The van der Waals surface area contributed by atoms with Crippen LogP contribution in [0.15, 0.2) is 57.5 Å². The first-order chi connectivity index (χ1) is 31.9. The van der Waals surface area contributed by atoms with Crippen molar-refractivity contribution in [1.29, 1.82) is 0 Å². The molecule has 0 saturated carbocycles. The van der Waals surface area contributed by atoms with Crippen molar-refractivity contribution in [1.82, 2.24) is 38.9 Å². The largest absolute Gasteiger partial charge is 0.496 e. The van der Waals surface area contributed by atoms with E-state index in [0.717, 1.165) is 83.4 Å². The summed E-state index contributed by atoms with van der Waals surface area (Å²) in [6, 6.07) is 8.79. The van der Waals surface area contributed by atoms with E-state index in [2.05, 4.69) is 92.0 Å². The molecule has 368 valence electrons. The maximum Gasteiger partial charge on any atom is 0.290 e. The summed E-state index contributed by atoms with van der Waals surface area (Å²) >= 11 is 5.28. The number of oxazole rings is 1. The lowest BCUT2D eigenvalue weighted by atomic mass is 9.91. The number of hydrogen-bond donors (Lipinski definition) is 0. The molecule has 2 aromatic carbocycles. The SMILES string of the molecule is COc1cc2c(cc1CC(C)C)-c1c(Br)nc(C(=O)N(C)C(C)(C)C)n1CC2.COc1cc2c(cc1CC(C)C)-c1c(C)nc(C(=O)N(C)C(C)(C)C)n1CC2.Cc1cncs1.Cc1ncco1. The molecule has 0 saturated heterocycles. The van der Waals surface area contributed by atoms with Gasteiger partial charge in [-0.3, -0.25) is 14.6 Å². The topological polar surface area (TPSA) is 134 Å². The highest BCUT2D eigenvalue weighted by molar-refractivity contribution is 9.10. The molecule has 6 aromatic rings. The van der Waals surface area contributed by atoms with Gasteiger partial charge in [0.2, 0.25) is 5.82 Å². The molecular weight excluding hydrogens is 941 g/mol. The van der Waals surface area contributed by atoms with Crippen molar-refractivity contribution in [2.24, 2.45) is 11.8 Å². The number of aromatic nitrogens is 6. The number of ether oxygens (including phenoxy) is 2. The zero-order valence-electron chi connectivity index (χ0n) is 43.4. The summed E-state index contributed by atoms with van der Waals surface area (Å²) in [5, 5.41) is 0. The Labute approximate surface area is 416 Å². The molecule has 0 aliphatic carbocycles. The Morgan fingerprint density at radius 2 is 1.24 bits per heavy atom. The van der Waals surface area contributed by atoms with Gasteiger partial charge >= 0.3 is 0 Å². The van der Waals surface area contributed by atoms with E-state index in [-0.39, 0.29) is 22.9 Å². The number of rotatable bonds is 8. The number of benzene rings is 2. The van der Waals surface area contributed by atoms with Crippen LogP contribution in [0.5, 0.6) is 11.5 Å². The van der Waals surface area contributed by atoms with Crippen molar-refractivity contribution in [3.8, 4) is 34.0 Å². The minimum absolute atomic E-state index is 0.0267. The maximum atomic E-state index is 13.1. The normalized spacial score (nSPS) is 12.5. The van der Waals surface area contributed by atoms with Crippen LogP contribution in [-0.4, -0.2) is 90.1 Å². The van der Waals surface area contributed by atoms with Gasteiger partial charge < -0.3 is 32.8 Å². The Balaban J connectivity index is 0.000000203. The molecule has 2 aliphatic heterocycles. The van der Waals surface area contributed by atoms with Crippen molar-refractivity contribution >= 4 is 39.1 Å². The van der Waals surface area contributed by atoms with Crippen LogP contribution >= 0.6 is 27.3 Å². The molecule has 0 bridgehead atoms. The van der Waals surface area contributed by atoms with Gasteiger partial charge in [-0.05, 0) is 155 Å². The third-order valence-electron chi connectivity index (χ3n) is 12.2. The second-order valence-corrected chi connectivity index (χ2v) is 22.2. The van der Waals surface area contributed by atoms with Gasteiger partial charge in [-0.2, -0.15) is 0 Å². The number of fused-ring (bicyclic) bond motifs is 6. The second-order valence-electron chi connectivity index (χ2n) is 20.3. The van der Waals surface area contributed by atoms with Gasteiger partial charge in [-0.25, -0.2) is 15.0 Å². The smallest absolute Gasteiger partial charge is 0.290 e. The van der Waals surface area contributed by atoms with Crippen molar-refractivity contribution < 1.29 is 23.5 Å². The highest BCUT2D eigenvalue weighted by Crippen LogP contribution is 2.41. The predicted molar refractivity (Wildman–Crippen MR) is 277 cm³/mol. The van der Waals surface area contributed by atoms with Crippen molar-refractivity contribution in [3.63, 3.8) is 0 Å². The third-order valence-corrected chi connectivity index (χ3v) is 13.4. The summed E-state index contributed by atoms with van der Waals surface area (Å²) in [7, 11) is 7.15. The van der Waals surface area contributed by atoms with E-state index in [1.54, 1.807) is 54.7 Å². The minimum atomic E-state index is -0.264. The fourth-order valence-corrected chi connectivity index (χ4v) is 9.08. The molecule has 0 fully saturated rings. The quantitative estimate of drug-likeness (QED) is 0.146. The first-order valence-corrected chi connectivity index (χ1v) is 25.1. The summed E-state index contributed by atoms with van der Waals surface area (Å²) in [4.78, 5) is 47.9. The van der Waals surface area contributed by atoms with E-state index in [1.807, 2.05) is 81.2 Å². The van der Waals surface area contributed by atoms with Gasteiger partial charge in [-0.1, -0.05) is 27.7 Å². The van der Waals surface area contributed by atoms with Gasteiger partial charge in [0.05, 0.1) is 43.0 Å². The highest BCUT2D eigenvalue weighted by Gasteiger charge is 2.34. The van der Waals surface area contributed by atoms with Gasteiger partial charge in [0, 0.05) is 67.4 Å². The number of carbonyl (C=O) groups excluding carboxylic acids is 2. The van der Waals surface area contributed by atoms with Crippen LogP contribution in [0.1, 0.15) is 129 Å². The average molecular weight is 1010 g/mol. The van der Waals surface area contributed by atoms with E-state index >= 15 is 0 Å². The van der Waals surface area contributed by atoms with Crippen molar-refractivity contribution in [3.05, 3.63) is 103 Å². The predicted octanol–water partition coefficient (Wildman–Crippen LogP) is 11.9. The van der Waals surface area contributed by atoms with Crippen LogP contribution < -0.4 is 9.47 Å². The molecule has 8 rings (SSSR count). The van der Waals surface area contributed by atoms with Gasteiger partial charge in [0.25, 0.3) is 11.8 Å². The minimum Gasteiger partial charge on any atom is -0.496 e. The number of hydrogen-bond acceptors (Lipinski definition) is 10. The summed E-state index contributed by atoms with van der Waals surface area (Å²) in [6.07, 6.45) is 8.65. The standard InChI is InChI=1S/C23H33N3O2.C22H30BrN3O2.C4H5NO.C4H5NS/c1-14(2)11-17-12-18-16(13-19(17)28-8)9-10-26-20(18)15(3)24-21(26)22(27)25(7)23(4,5)6;1-13(2)10-15-11-16-14(12-17(15)28-7)8-9-26-18(16)19(23)24-20(26)21(27)25(6)22(3,4)5;1-4-5-2-3-6-4;1-4-2-5-3-6-4/h12-14H,9-11H2,1-8H3;11-13H,8-10H2,1-7H3;2*2-3H,1H3. The fraction of sp³-hybridized carbons (Fsp3) is 0.509. The number of imidazole rings is 2. The molecule has 6 heterocycles. The van der Waals surface area contributed by atoms with Crippen molar-refractivity contribution in [2.75, 3.05) is 28.3 Å². The summed E-state index contributed by atoms with van der Waals surface area (Å²) in [5.41, 5.74) is 11.5. The molecule has 13 nitrogen and oxygen atoms in total. The lowest BCUT2D eigenvalue weighted by molar-refractivity contribution is 0.0629. The third kappa shape index (κ3) is 12.7. The summed E-state index contributed by atoms with van der Waals surface area (Å²) in [5.74, 6) is 4.64. The molecule has 2 aliphatic rings. The number of methoxy groups -OCH3 is 2. The van der Waals surface area contributed by atoms with E-state index in [1.165, 1.54) is 32.7 Å². The van der Waals surface area contributed by atoms with E-state index in [9.17, 15) is 9.59 Å². The highest BCUT2D eigenvalue weighted by atomic mass is 79.9. The lowest BCUT2D eigenvalue weighted by Crippen LogP contribution is -2.43. The number of halogens is 1. The van der Waals surface area contributed by atoms with Crippen LogP contribution in [0, 0.1) is 32.6 Å². The molecule has 0 unspecified atom stereocenters. The Morgan fingerprint density at radius 3 is 1.59 bits per heavy atom. The number of nitrogens with zero attached hydrogens (tertiary/aromatic N) is 8. The second kappa shape index (κ2) is 22.4. The zero-order valence-corrected chi connectivity index (χ0v) is 45.8. The molecule has 68 heavy (non-hydrogen) atoms. The number of thiazole rings is 1. The molecular formula is C53H73BrN8O5S. The maximum absolute atomic E-state index is 13.1. The van der Waals surface area contributed by atoms with Gasteiger partial charge in [-0.15, -0.1) is 11.3 Å². The van der Waals surface area contributed by atoms with Crippen LogP contribution in [0.2, 0.25) is 0 Å². The molecule has 0 radical (unpaired) electrons. The molecule has 4 aromatic heterocycles. The summed E-state index contributed by atoms with van der Waals surface area (Å²) < 4.78 is 20.9. The molecule has 0 N–H and O–H groups in total. The summed E-state index contributed by atoms with van der Waals surface area (Å²) in [6.45, 7) is 28.4. The average Bonchev–Trinajstić information content (AvgIpc) is 4.10. The lowest BCUT2D eigenvalue weighted by Gasteiger charge is -2.32. The molecule has 15 heteroatoms. The Morgan fingerprint density at radius 1 is 0.765 bits per heavy atom. The first-order valence-electron chi connectivity index (χ1n) is 23.4. The van der Waals surface area contributed by atoms with Crippen LogP contribution in [-0.2, 0) is 38.8 Å². The number of carbonyl (C=O) groups is 2. The first kappa shape index (κ1) is 53.7. The van der Waals surface area contributed by atoms with E-state index in [0.29, 0.717) is 23.5 Å². The van der Waals surface area contributed by atoms with Crippen LogP contribution in [0.4, 0.5) is 0 Å². The van der Waals surface area contributed by atoms with Crippen molar-refractivity contribution in [2.45, 2.75) is 140 Å². The zero-order chi connectivity index (χ0) is 50.4. The van der Waals surface area contributed by atoms with Crippen LogP contribution in [0.25, 0.3) is 22.5 Å². The van der Waals surface area contributed by atoms with Gasteiger partial charge in [0.1, 0.15) is 22.4 Å². The van der Waals surface area contributed by atoms with E-state index < -0.39 is 0 Å². The molecule has 2 amide bonds. The van der Waals surface area contributed by atoms with Gasteiger partial charge in [0.15, 0.2) is 11.7 Å². The Kier molecular flexibility index (Phi) is 17.7. The Hall–Kier alpha value is -5.28. The number of amides is 2. The Bertz CT molecular complexity index is 2470. The number of aryl methyl sites for hydroxylation is 5. The van der Waals surface area contributed by atoms with E-state index in [4.69, 9.17) is 18.9 Å². The fourth-order valence-electron chi connectivity index (χ4n) is 8.07. The molecule has 0 atom stereocenters. The monoisotopic (exact) mass is 1010 g/mol. The van der Waals surface area contributed by atoms with Crippen LogP contribution in [0.3, 0.4) is 0 Å². The molecule has 0 spiro atoms.